The molecule has 5 aliphatic rings. The lowest BCUT2D eigenvalue weighted by Gasteiger charge is -2.62. The molecule has 0 spiro atoms. The van der Waals surface area contributed by atoms with E-state index in [9.17, 15) is 0 Å². The minimum Gasteiger partial charge on any atom is -0.454 e. The van der Waals surface area contributed by atoms with Crippen molar-refractivity contribution in [1.82, 2.24) is 14.9 Å². The van der Waals surface area contributed by atoms with E-state index in [1.165, 1.54) is 44.4 Å². The molecule has 2 aromatic heterocycles. The number of rotatable bonds is 0. The molecular formula is C35H30N6O. The van der Waals surface area contributed by atoms with Crippen LogP contribution < -0.4 is 14.7 Å². The lowest BCUT2D eigenvalue weighted by atomic mass is 9.48. The quantitative estimate of drug-likeness (QED) is 0.205. The van der Waals surface area contributed by atoms with Crippen LogP contribution in [0.3, 0.4) is 0 Å². The van der Waals surface area contributed by atoms with E-state index < -0.39 is 0 Å². The summed E-state index contributed by atoms with van der Waals surface area (Å²) in [5.41, 5.74) is 10.9. The maximum Gasteiger partial charge on any atom is 0.159 e. The van der Waals surface area contributed by atoms with Crippen molar-refractivity contribution in [2.75, 3.05) is 28.8 Å². The number of fused-ring (bicyclic) bond motifs is 18. The van der Waals surface area contributed by atoms with Crippen molar-refractivity contribution in [2.45, 2.75) is 32.1 Å². The monoisotopic (exact) mass is 550 g/mol. The van der Waals surface area contributed by atoms with Crippen LogP contribution in [0.1, 0.15) is 30.9 Å². The largest absolute Gasteiger partial charge is 0.454 e. The van der Waals surface area contributed by atoms with Gasteiger partial charge in [-0.05, 0) is 40.8 Å². The number of anilines is 4. The molecule has 0 bridgehead atoms. The Morgan fingerprint density at radius 1 is 0.905 bits per heavy atom. The molecular weight excluding hydrogens is 520 g/mol. The Hall–Kier alpha value is -4.78. The van der Waals surface area contributed by atoms with Crippen molar-refractivity contribution < 1.29 is 4.42 Å². The van der Waals surface area contributed by atoms with Crippen LogP contribution in [0.15, 0.2) is 95.6 Å². The first kappa shape index (κ1) is 22.9. The molecule has 5 atom stereocenters. The lowest BCUT2D eigenvalue weighted by Crippen LogP contribution is -2.64. The van der Waals surface area contributed by atoms with Crippen LogP contribution in [-0.4, -0.2) is 41.3 Å². The third-order valence-corrected chi connectivity index (χ3v) is 10.9. The first-order valence-electron chi connectivity index (χ1n) is 14.8. The molecule has 0 saturated carbocycles. The Morgan fingerprint density at radius 2 is 1.74 bits per heavy atom. The van der Waals surface area contributed by atoms with Gasteiger partial charge in [0, 0.05) is 59.9 Å². The van der Waals surface area contributed by atoms with E-state index >= 15 is 0 Å². The number of hydrogen-bond donors (Lipinski definition) is 0. The second-order valence-electron chi connectivity index (χ2n) is 12.7. The predicted octanol–water partition coefficient (Wildman–Crippen LogP) is 7.06. The van der Waals surface area contributed by atoms with Crippen LogP contribution in [0.5, 0.6) is 0 Å². The first-order valence-corrected chi connectivity index (χ1v) is 14.8. The van der Waals surface area contributed by atoms with Crippen molar-refractivity contribution in [1.29, 1.82) is 0 Å². The number of benzene rings is 3. The highest BCUT2D eigenvalue weighted by Gasteiger charge is 2.67. The molecule has 3 aromatic carbocycles. The van der Waals surface area contributed by atoms with Gasteiger partial charge in [-0.25, -0.2) is 9.97 Å². The van der Waals surface area contributed by atoms with Crippen LogP contribution in [0.2, 0.25) is 0 Å². The summed E-state index contributed by atoms with van der Waals surface area (Å²) in [6, 6.07) is 22.0. The van der Waals surface area contributed by atoms with Crippen LogP contribution in [0, 0.1) is 11.3 Å². The average Bonchev–Trinajstić information content (AvgIpc) is 3.66. The lowest BCUT2D eigenvalue weighted by molar-refractivity contribution is 0.153. The van der Waals surface area contributed by atoms with E-state index in [0.29, 0.717) is 11.8 Å². The van der Waals surface area contributed by atoms with Gasteiger partial charge < -0.3 is 24.0 Å². The van der Waals surface area contributed by atoms with Gasteiger partial charge in [-0.2, -0.15) is 0 Å². The zero-order valence-corrected chi connectivity index (χ0v) is 24.0. The van der Waals surface area contributed by atoms with E-state index in [2.05, 4.69) is 126 Å². The molecule has 4 aliphatic heterocycles. The molecule has 206 valence electrons. The molecule has 0 radical (unpaired) electrons. The predicted molar refractivity (Wildman–Crippen MR) is 167 cm³/mol. The molecule has 0 N–H and O–H groups in total. The van der Waals surface area contributed by atoms with Gasteiger partial charge in [0.2, 0.25) is 0 Å². The van der Waals surface area contributed by atoms with Crippen LogP contribution in [0.25, 0.3) is 27.5 Å². The van der Waals surface area contributed by atoms with E-state index in [1.54, 1.807) is 6.33 Å². The van der Waals surface area contributed by atoms with Gasteiger partial charge in [0.25, 0.3) is 0 Å². The topological polar surface area (TPSA) is 51.9 Å². The van der Waals surface area contributed by atoms with E-state index in [-0.39, 0.29) is 17.7 Å². The first-order chi connectivity index (χ1) is 20.5. The Morgan fingerprint density at radius 3 is 2.64 bits per heavy atom. The molecule has 1 aliphatic carbocycles. The second kappa shape index (κ2) is 7.34. The zero-order chi connectivity index (χ0) is 28.1. The fourth-order valence-corrected chi connectivity index (χ4v) is 9.35. The number of aromatic nitrogens is 2. The summed E-state index contributed by atoms with van der Waals surface area (Å²) in [6.07, 6.45) is 8.25. The standard InChI is InChI=1S/C35H30N6O/c1-19-20-9-5-7-11-24(20)41-25-17-36-18-37-32(25)39(4)34(41)35(2)28(19)27-23-14-13-22-21-10-6-8-12-26(21)42-31(22)30(23)40-16-15-38(3)33(40)29(27)35/h5-19,28,33-34H,1-4H3. The SMILES string of the molecule is CC1c2ccccc2N2c3cncnc3N(C)C2C2(C)C3=C(c4ccc5c(oc6ccccc65)c4N4C=CN(C)C34)C12. The summed E-state index contributed by atoms with van der Waals surface area (Å²) >= 11 is 0. The van der Waals surface area contributed by atoms with Gasteiger partial charge in [0.1, 0.15) is 29.9 Å². The Labute approximate surface area is 244 Å². The summed E-state index contributed by atoms with van der Waals surface area (Å²) in [7, 11) is 4.41. The highest BCUT2D eigenvalue weighted by molar-refractivity contribution is 6.13. The molecule has 6 heterocycles. The van der Waals surface area contributed by atoms with Crippen molar-refractivity contribution in [3.63, 3.8) is 0 Å². The second-order valence-corrected chi connectivity index (χ2v) is 12.7. The molecule has 5 unspecified atom stereocenters. The molecule has 42 heavy (non-hydrogen) atoms. The van der Waals surface area contributed by atoms with Crippen LogP contribution in [-0.2, 0) is 0 Å². The van der Waals surface area contributed by atoms with Crippen molar-refractivity contribution >= 4 is 50.4 Å². The molecule has 0 fully saturated rings. The minimum atomic E-state index is -0.174. The third kappa shape index (κ3) is 2.36. The Kier molecular flexibility index (Phi) is 4.00. The van der Waals surface area contributed by atoms with E-state index in [0.717, 1.165) is 22.7 Å². The smallest absolute Gasteiger partial charge is 0.159 e. The Balaban J connectivity index is 1.29. The van der Waals surface area contributed by atoms with Crippen molar-refractivity contribution in [3.05, 3.63) is 102 Å². The summed E-state index contributed by atoms with van der Waals surface area (Å²) in [5, 5.41) is 2.34. The molecule has 5 aromatic rings. The summed E-state index contributed by atoms with van der Waals surface area (Å²) < 4.78 is 6.65. The summed E-state index contributed by atoms with van der Waals surface area (Å²) in [4.78, 5) is 19.0. The number of para-hydroxylation sites is 2. The van der Waals surface area contributed by atoms with Gasteiger partial charge in [0.05, 0.1) is 11.9 Å². The summed E-state index contributed by atoms with van der Waals surface area (Å²) in [6.45, 7) is 4.93. The average molecular weight is 551 g/mol. The van der Waals surface area contributed by atoms with Crippen LogP contribution in [0.4, 0.5) is 22.9 Å². The highest BCUT2D eigenvalue weighted by atomic mass is 16.3. The normalized spacial score (nSPS) is 28.2. The number of hydrogen-bond acceptors (Lipinski definition) is 7. The van der Waals surface area contributed by atoms with Crippen molar-refractivity contribution in [2.24, 2.45) is 11.3 Å². The number of nitrogens with zero attached hydrogens (tertiary/aromatic N) is 6. The van der Waals surface area contributed by atoms with Crippen LogP contribution >= 0.6 is 0 Å². The van der Waals surface area contributed by atoms with Gasteiger partial charge in [0.15, 0.2) is 11.4 Å². The minimum absolute atomic E-state index is 0.0615. The Bertz CT molecular complexity index is 2080. The number of furan rings is 1. The van der Waals surface area contributed by atoms with Crippen molar-refractivity contribution in [3.8, 4) is 0 Å². The maximum absolute atomic E-state index is 6.65. The van der Waals surface area contributed by atoms with E-state index in [1.807, 2.05) is 6.20 Å². The molecule has 7 heteroatoms. The zero-order valence-electron chi connectivity index (χ0n) is 24.0. The molecule has 10 rings (SSSR count). The number of likely N-dealkylation sites (N-methyl/N-ethyl adjacent to an activating group) is 1. The van der Waals surface area contributed by atoms with Gasteiger partial charge in [-0.1, -0.05) is 56.3 Å². The van der Waals surface area contributed by atoms with E-state index in [4.69, 9.17) is 9.40 Å². The molecule has 0 saturated heterocycles. The number of allylic oxidation sites excluding steroid dienone is 1. The molecule has 7 nitrogen and oxygen atoms in total. The van der Waals surface area contributed by atoms with Gasteiger partial charge >= 0.3 is 0 Å². The summed E-state index contributed by atoms with van der Waals surface area (Å²) in [5.74, 6) is 1.59. The fraction of sp³-hybridized carbons (Fsp3) is 0.257. The van der Waals surface area contributed by atoms with Gasteiger partial charge in [-0.15, -0.1) is 0 Å². The third-order valence-electron chi connectivity index (χ3n) is 10.9. The highest BCUT2D eigenvalue weighted by Crippen LogP contribution is 2.72. The fourth-order valence-electron chi connectivity index (χ4n) is 9.35. The van der Waals surface area contributed by atoms with Gasteiger partial charge in [-0.3, -0.25) is 0 Å². The molecule has 0 amide bonds. The maximum atomic E-state index is 6.65.